The van der Waals surface area contributed by atoms with Gasteiger partial charge in [-0.25, -0.2) is 0 Å². The Balaban J connectivity index is 2.37. The van der Waals surface area contributed by atoms with Gasteiger partial charge in [0.25, 0.3) is 5.91 Å². The highest BCUT2D eigenvalue weighted by molar-refractivity contribution is 7.12. The quantitative estimate of drug-likeness (QED) is 0.925. The fourth-order valence-electron chi connectivity index (χ4n) is 1.79. The van der Waals surface area contributed by atoms with E-state index in [2.05, 4.69) is 5.32 Å². The molecule has 2 aromatic rings. The number of carbonyl (C=O) groups is 1. The average molecular weight is 314 g/mol. The summed E-state index contributed by atoms with van der Waals surface area (Å²) >= 11 is 1.23. The van der Waals surface area contributed by atoms with Gasteiger partial charge in [0.15, 0.2) is 0 Å². The van der Waals surface area contributed by atoms with Crippen LogP contribution in [0.2, 0.25) is 0 Å². The third-order valence-electron chi connectivity index (χ3n) is 2.80. The Morgan fingerprint density at radius 1 is 1.24 bits per heavy atom. The zero-order chi connectivity index (χ0) is 15.6. The van der Waals surface area contributed by atoms with E-state index in [1.807, 2.05) is 0 Å². The SMILES string of the molecule is CN(C)c1ccc(C(F)(F)F)cc1NC(=O)c1cccs1. The Hall–Kier alpha value is -2.02. The van der Waals surface area contributed by atoms with Crippen molar-refractivity contribution in [1.82, 2.24) is 0 Å². The number of rotatable bonds is 3. The fourth-order valence-corrected chi connectivity index (χ4v) is 2.41. The highest BCUT2D eigenvalue weighted by Gasteiger charge is 2.31. The Labute approximate surface area is 124 Å². The lowest BCUT2D eigenvalue weighted by molar-refractivity contribution is -0.137. The Kier molecular flexibility index (Phi) is 4.22. The molecule has 112 valence electrons. The first-order valence-corrected chi connectivity index (χ1v) is 6.90. The number of hydrogen-bond acceptors (Lipinski definition) is 3. The topological polar surface area (TPSA) is 32.3 Å². The van der Waals surface area contributed by atoms with Crippen molar-refractivity contribution >= 4 is 28.6 Å². The Morgan fingerprint density at radius 2 is 1.95 bits per heavy atom. The van der Waals surface area contributed by atoms with E-state index < -0.39 is 17.6 Å². The molecule has 0 saturated carbocycles. The molecule has 0 bridgehead atoms. The largest absolute Gasteiger partial charge is 0.416 e. The van der Waals surface area contributed by atoms with Gasteiger partial charge >= 0.3 is 6.18 Å². The van der Waals surface area contributed by atoms with Crippen LogP contribution in [0.1, 0.15) is 15.2 Å². The van der Waals surface area contributed by atoms with E-state index in [1.54, 1.807) is 36.5 Å². The summed E-state index contributed by atoms with van der Waals surface area (Å²) in [4.78, 5) is 14.1. The number of carbonyl (C=O) groups excluding carboxylic acids is 1. The monoisotopic (exact) mass is 314 g/mol. The fraction of sp³-hybridized carbons (Fsp3) is 0.214. The summed E-state index contributed by atoms with van der Waals surface area (Å²) in [6.07, 6.45) is -4.45. The summed E-state index contributed by atoms with van der Waals surface area (Å²) in [5.41, 5.74) is -0.157. The van der Waals surface area contributed by atoms with Crippen molar-refractivity contribution in [3.63, 3.8) is 0 Å². The second kappa shape index (κ2) is 5.77. The number of alkyl halides is 3. The summed E-state index contributed by atoms with van der Waals surface area (Å²) in [6.45, 7) is 0. The van der Waals surface area contributed by atoms with Gasteiger partial charge in [-0.1, -0.05) is 6.07 Å². The van der Waals surface area contributed by atoms with Gasteiger partial charge in [-0.05, 0) is 29.6 Å². The van der Waals surface area contributed by atoms with Gasteiger partial charge in [-0.2, -0.15) is 13.2 Å². The van der Waals surface area contributed by atoms with Crippen molar-refractivity contribution in [2.45, 2.75) is 6.18 Å². The molecule has 0 saturated heterocycles. The van der Waals surface area contributed by atoms with Crippen LogP contribution in [-0.4, -0.2) is 20.0 Å². The van der Waals surface area contributed by atoms with Crippen molar-refractivity contribution in [3.8, 4) is 0 Å². The second-order valence-electron chi connectivity index (χ2n) is 4.56. The summed E-state index contributed by atoms with van der Waals surface area (Å²) in [5, 5.41) is 4.27. The van der Waals surface area contributed by atoms with Gasteiger partial charge in [0.1, 0.15) is 0 Å². The molecule has 0 fully saturated rings. The van der Waals surface area contributed by atoms with Crippen LogP contribution in [0, 0.1) is 0 Å². The summed E-state index contributed by atoms with van der Waals surface area (Å²) in [7, 11) is 3.40. The smallest absolute Gasteiger partial charge is 0.376 e. The lowest BCUT2D eigenvalue weighted by atomic mass is 10.1. The molecule has 0 aliphatic heterocycles. The van der Waals surface area contributed by atoms with Crippen LogP contribution in [0.3, 0.4) is 0 Å². The maximum absolute atomic E-state index is 12.8. The Bertz CT molecular complexity index is 636. The number of thiophene rings is 1. The van der Waals surface area contributed by atoms with E-state index in [-0.39, 0.29) is 5.69 Å². The number of nitrogens with one attached hydrogen (secondary N) is 1. The minimum absolute atomic E-state index is 0.133. The minimum atomic E-state index is -4.45. The molecule has 1 heterocycles. The Morgan fingerprint density at radius 3 is 2.48 bits per heavy atom. The van der Waals surface area contributed by atoms with Crippen molar-refractivity contribution in [3.05, 3.63) is 46.2 Å². The van der Waals surface area contributed by atoms with Crippen LogP contribution in [-0.2, 0) is 6.18 Å². The molecule has 1 aromatic heterocycles. The van der Waals surface area contributed by atoms with Gasteiger partial charge in [0.2, 0.25) is 0 Å². The van der Waals surface area contributed by atoms with Crippen LogP contribution in [0.4, 0.5) is 24.5 Å². The highest BCUT2D eigenvalue weighted by atomic mass is 32.1. The molecule has 0 atom stereocenters. The molecular weight excluding hydrogens is 301 g/mol. The molecule has 1 amide bonds. The number of halogens is 3. The highest BCUT2D eigenvalue weighted by Crippen LogP contribution is 2.35. The van der Waals surface area contributed by atoms with Crippen molar-refractivity contribution in [2.75, 3.05) is 24.3 Å². The number of hydrogen-bond donors (Lipinski definition) is 1. The van der Waals surface area contributed by atoms with E-state index in [4.69, 9.17) is 0 Å². The normalized spacial score (nSPS) is 11.3. The maximum atomic E-state index is 12.8. The molecule has 3 nitrogen and oxygen atoms in total. The zero-order valence-corrected chi connectivity index (χ0v) is 12.2. The van der Waals surface area contributed by atoms with Gasteiger partial charge < -0.3 is 10.2 Å². The van der Waals surface area contributed by atoms with Crippen molar-refractivity contribution in [2.24, 2.45) is 0 Å². The van der Waals surface area contributed by atoms with Gasteiger partial charge in [-0.3, -0.25) is 4.79 Å². The van der Waals surface area contributed by atoms with E-state index in [0.29, 0.717) is 10.6 Å². The molecule has 0 aliphatic rings. The number of anilines is 2. The van der Waals surface area contributed by atoms with Gasteiger partial charge in [0.05, 0.1) is 21.8 Å². The predicted octanol–water partition coefficient (Wildman–Crippen LogP) is 4.09. The van der Waals surface area contributed by atoms with E-state index in [9.17, 15) is 18.0 Å². The summed E-state index contributed by atoms with van der Waals surface area (Å²) in [5.74, 6) is -0.424. The summed E-state index contributed by atoms with van der Waals surface area (Å²) < 4.78 is 38.4. The van der Waals surface area contributed by atoms with Crippen molar-refractivity contribution in [1.29, 1.82) is 0 Å². The first-order valence-electron chi connectivity index (χ1n) is 6.02. The average Bonchev–Trinajstić information content (AvgIpc) is 2.91. The minimum Gasteiger partial charge on any atom is -0.376 e. The number of nitrogens with zero attached hydrogens (tertiary/aromatic N) is 1. The molecule has 2 rings (SSSR count). The molecule has 21 heavy (non-hydrogen) atoms. The van der Waals surface area contributed by atoms with Crippen LogP contribution in [0.5, 0.6) is 0 Å². The summed E-state index contributed by atoms with van der Waals surface area (Å²) in [6, 6.07) is 6.60. The first-order chi connectivity index (χ1) is 9.79. The molecule has 7 heteroatoms. The van der Waals surface area contributed by atoms with Crippen LogP contribution >= 0.6 is 11.3 Å². The predicted molar refractivity (Wildman–Crippen MR) is 78.0 cm³/mol. The molecule has 0 unspecified atom stereocenters. The number of benzene rings is 1. The van der Waals surface area contributed by atoms with Crippen molar-refractivity contribution < 1.29 is 18.0 Å². The molecule has 0 radical (unpaired) electrons. The molecular formula is C14H13F3N2OS. The molecule has 0 aliphatic carbocycles. The third-order valence-corrected chi connectivity index (χ3v) is 3.67. The molecule has 0 spiro atoms. The third kappa shape index (κ3) is 3.55. The maximum Gasteiger partial charge on any atom is 0.416 e. The lowest BCUT2D eigenvalue weighted by Crippen LogP contribution is -2.17. The van der Waals surface area contributed by atoms with E-state index in [1.165, 1.54) is 17.4 Å². The first kappa shape index (κ1) is 15.4. The van der Waals surface area contributed by atoms with Gasteiger partial charge in [-0.15, -0.1) is 11.3 Å². The molecule has 1 N–H and O–H groups in total. The molecule has 1 aromatic carbocycles. The lowest BCUT2D eigenvalue weighted by Gasteiger charge is -2.19. The zero-order valence-electron chi connectivity index (χ0n) is 11.4. The standard InChI is InChI=1S/C14H13F3N2OS/c1-19(2)11-6-5-9(14(15,16)17)8-10(11)18-13(20)12-4-3-7-21-12/h3-8H,1-2H3,(H,18,20). The van der Waals surface area contributed by atoms with Crippen LogP contribution in [0.25, 0.3) is 0 Å². The number of amides is 1. The van der Waals surface area contributed by atoms with E-state index >= 15 is 0 Å². The van der Waals surface area contributed by atoms with Gasteiger partial charge in [0, 0.05) is 14.1 Å². The van der Waals surface area contributed by atoms with Crippen LogP contribution < -0.4 is 10.2 Å². The van der Waals surface area contributed by atoms with Crippen LogP contribution in [0.15, 0.2) is 35.7 Å². The van der Waals surface area contributed by atoms with E-state index in [0.717, 1.165) is 12.1 Å². The second-order valence-corrected chi connectivity index (χ2v) is 5.50.